The van der Waals surface area contributed by atoms with Crippen molar-refractivity contribution < 1.29 is 14.3 Å². The van der Waals surface area contributed by atoms with Crippen molar-refractivity contribution in [2.75, 3.05) is 0 Å². The van der Waals surface area contributed by atoms with Gasteiger partial charge in [0.25, 0.3) is 5.91 Å². The van der Waals surface area contributed by atoms with E-state index in [0.717, 1.165) is 5.56 Å². The topological polar surface area (TPSA) is 55.4 Å². The minimum absolute atomic E-state index is 0.0633. The van der Waals surface area contributed by atoms with Crippen LogP contribution in [0, 0.1) is 5.92 Å². The highest BCUT2D eigenvalue weighted by Gasteiger charge is 2.26. The Balaban J connectivity index is 1.98. The molecule has 0 radical (unpaired) electrons. The first-order chi connectivity index (χ1) is 11.4. The molecular formula is C17H17Cl2NO3S. The van der Waals surface area contributed by atoms with Crippen molar-refractivity contribution >= 4 is 46.4 Å². The summed E-state index contributed by atoms with van der Waals surface area (Å²) in [6.45, 7) is 3.76. The average molecular weight is 386 g/mol. The Labute approximate surface area is 154 Å². The van der Waals surface area contributed by atoms with Crippen LogP contribution in [0.5, 0.6) is 0 Å². The van der Waals surface area contributed by atoms with E-state index in [4.69, 9.17) is 27.9 Å². The Morgan fingerprint density at radius 3 is 2.54 bits per heavy atom. The number of ether oxygens (including phenoxy) is 1. The normalized spacial score (nSPS) is 12.0. The van der Waals surface area contributed by atoms with Gasteiger partial charge in [-0.05, 0) is 35.1 Å². The Bertz CT molecular complexity index is 717. The minimum Gasteiger partial charge on any atom is -0.459 e. The number of amides is 1. The van der Waals surface area contributed by atoms with Crippen LogP contribution >= 0.6 is 34.5 Å². The van der Waals surface area contributed by atoms with E-state index in [1.165, 1.54) is 11.3 Å². The smallest absolute Gasteiger partial charge is 0.329 e. The minimum atomic E-state index is -0.720. The number of esters is 1. The van der Waals surface area contributed by atoms with Crippen molar-refractivity contribution in [1.29, 1.82) is 0 Å². The number of carbonyl (C=O) groups excluding carboxylic acids is 2. The number of benzene rings is 1. The Kier molecular flexibility index (Phi) is 6.66. The summed E-state index contributed by atoms with van der Waals surface area (Å²) in [5.74, 6) is -0.869. The van der Waals surface area contributed by atoms with Gasteiger partial charge in [0.1, 0.15) is 12.6 Å². The van der Waals surface area contributed by atoms with Crippen LogP contribution in [0.2, 0.25) is 10.0 Å². The van der Waals surface area contributed by atoms with Crippen LogP contribution in [0.25, 0.3) is 0 Å². The van der Waals surface area contributed by atoms with E-state index in [1.54, 1.807) is 30.3 Å². The molecule has 0 aliphatic carbocycles. The van der Waals surface area contributed by atoms with E-state index in [2.05, 4.69) is 5.32 Å². The van der Waals surface area contributed by atoms with Crippen molar-refractivity contribution in [3.8, 4) is 0 Å². The summed E-state index contributed by atoms with van der Waals surface area (Å²) in [6.07, 6.45) is 0. The van der Waals surface area contributed by atoms with Gasteiger partial charge in [0.15, 0.2) is 0 Å². The molecule has 1 heterocycles. The molecule has 0 saturated heterocycles. The molecule has 0 saturated carbocycles. The Hall–Kier alpha value is -1.56. The lowest BCUT2D eigenvalue weighted by Crippen LogP contribution is -2.45. The predicted molar refractivity (Wildman–Crippen MR) is 96.7 cm³/mol. The van der Waals surface area contributed by atoms with Crippen LogP contribution < -0.4 is 5.32 Å². The number of hydrogen-bond acceptors (Lipinski definition) is 4. The lowest BCUT2D eigenvalue weighted by molar-refractivity contribution is -0.148. The summed E-state index contributed by atoms with van der Waals surface area (Å²) in [4.78, 5) is 25.0. The first-order valence-corrected chi connectivity index (χ1v) is 8.97. The maximum Gasteiger partial charge on any atom is 0.329 e. The highest BCUT2D eigenvalue weighted by molar-refractivity contribution is 7.12. The summed E-state index contributed by atoms with van der Waals surface area (Å²) >= 11 is 13.1. The fourth-order valence-corrected chi connectivity index (χ4v) is 2.94. The molecule has 0 aliphatic heterocycles. The molecule has 7 heteroatoms. The van der Waals surface area contributed by atoms with Gasteiger partial charge in [0.2, 0.25) is 0 Å². The standard InChI is InChI=1S/C17H17Cl2NO3S/c1-10(2)15(20-16(21)14-4-3-7-24-14)17(22)23-9-11-5-6-12(18)13(19)8-11/h3-8,10,15H,9H2,1-2H3,(H,20,21)/t15-/m1/s1. The van der Waals surface area contributed by atoms with Gasteiger partial charge in [-0.25, -0.2) is 4.79 Å². The van der Waals surface area contributed by atoms with Crippen molar-refractivity contribution in [3.63, 3.8) is 0 Å². The zero-order chi connectivity index (χ0) is 17.7. The molecule has 128 valence electrons. The van der Waals surface area contributed by atoms with Gasteiger partial charge in [-0.2, -0.15) is 0 Å². The maximum absolute atomic E-state index is 12.3. The second-order valence-corrected chi connectivity index (χ2v) is 7.29. The summed E-state index contributed by atoms with van der Waals surface area (Å²) in [5.41, 5.74) is 0.727. The van der Waals surface area contributed by atoms with Crippen molar-refractivity contribution in [3.05, 3.63) is 56.2 Å². The molecule has 0 spiro atoms. The van der Waals surface area contributed by atoms with E-state index < -0.39 is 12.0 Å². The fourth-order valence-electron chi connectivity index (χ4n) is 1.99. The average Bonchev–Trinajstić information content (AvgIpc) is 3.07. The lowest BCUT2D eigenvalue weighted by atomic mass is 10.0. The number of hydrogen-bond donors (Lipinski definition) is 1. The lowest BCUT2D eigenvalue weighted by Gasteiger charge is -2.20. The highest BCUT2D eigenvalue weighted by Crippen LogP contribution is 2.23. The van der Waals surface area contributed by atoms with E-state index in [0.29, 0.717) is 14.9 Å². The van der Waals surface area contributed by atoms with Crippen LogP contribution in [0.15, 0.2) is 35.7 Å². The molecule has 24 heavy (non-hydrogen) atoms. The van der Waals surface area contributed by atoms with Gasteiger partial charge in [0.05, 0.1) is 14.9 Å². The Morgan fingerprint density at radius 1 is 1.21 bits per heavy atom. The molecule has 4 nitrogen and oxygen atoms in total. The van der Waals surface area contributed by atoms with Crippen LogP contribution in [-0.4, -0.2) is 17.9 Å². The van der Waals surface area contributed by atoms with Crippen LogP contribution in [0.3, 0.4) is 0 Å². The van der Waals surface area contributed by atoms with Crippen molar-refractivity contribution in [1.82, 2.24) is 5.32 Å². The molecule has 0 aliphatic rings. The van der Waals surface area contributed by atoms with Gasteiger partial charge in [-0.15, -0.1) is 11.3 Å². The molecule has 1 atom stereocenters. The van der Waals surface area contributed by atoms with Gasteiger partial charge in [-0.1, -0.05) is 49.2 Å². The van der Waals surface area contributed by atoms with E-state index in [9.17, 15) is 9.59 Å². The molecule has 1 amide bonds. The number of halogens is 2. The van der Waals surface area contributed by atoms with Crippen LogP contribution in [0.1, 0.15) is 29.1 Å². The number of rotatable bonds is 6. The summed E-state index contributed by atoms with van der Waals surface area (Å²) in [7, 11) is 0. The molecule has 0 unspecified atom stereocenters. The highest BCUT2D eigenvalue weighted by atomic mass is 35.5. The molecule has 0 bridgehead atoms. The second-order valence-electron chi connectivity index (χ2n) is 5.53. The van der Waals surface area contributed by atoms with Crippen LogP contribution in [-0.2, 0) is 16.1 Å². The van der Waals surface area contributed by atoms with Gasteiger partial charge >= 0.3 is 5.97 Å². The summed E-state index contributed by atoms with van der Waals surface area (Å²) in [6, 6.07) is 7.79. The molecule has 0 fully saturated rings. The largest absolute Gasteiger partial charge is 0.459 e. The summed E-state index contributed by atoms with van der Waals surface area (Å²) in [5, 5.41) is 5.37. The fraction of sp³-hybridized carbons (Fsp3) is 0.294. The molecule has 1 aromatic carbocycles. The molecule has 1 N–H and O–H groups in total. The number of carbonyl (C=O) groups is 2. The van der Waals surface area contributed by atoms with Crippen LogP contribution in [0.4, 0.5) is 0 Å². The quantitative estimate of drug-likeness (QED) is 0.741. The van der Waals surface area contributed by atoms with Gasteiger partial charge in [-0.3, -0.25) is 4.79 Å². The van der Waals surface area contributed by atoms with E-state index in [1.807, 2.05) is 19.2 Å². The zero-order valence-electron chi connectivity index (χ0n) is 13.2. The molecular weight excluding hydrogens is 369 g/mol. The second kappa shape index (κ2) is 8.51. The molecule has 2 aromatic rings. The number of nitrogens with one attached hydrogen (secondary N) is 1. The molecule has 2 rings (SSSR count). The van der Waals surface area contributed by atoms with Gasteiger partial charge < -0.3 is 10.1 Å². The zero-order valence-corrected chi connectivity index (χ0v) is 15.5. The first kappa shape index (κ1) is 18.8. The Morgan fingerprint density at radius 2 is 1.96 bits per heavy atom. The first-order valence-electron chi connectivity index (χ1n) is 7.33. The predicted octanol–water partition coefficient (Wildman–Crippen LogP) is 4.55. The van der Waals surface area contributed by atoms with Crippen molar-refractivity contribution in [2.24, 2.45) is 5.92 Å². The van der Waals surface area contributed by atoms with Gasteiger partial charge in [0, 0.05) is 0 Å². The monoisotopic (exact) mass is 385 g/mol. The third-order valence-corrected chi connectivity index (χ3v) is 4.92. The van der Waals surface area contributed by atoms with Crippen molar-refractivity contribution in [2.45, 2.75) is 26.5 Å². The maximum atomic E-state index is 12.3. The third-order valence-electron chi connectivity index (χ3n) is 3.32. The molecule has 1 aromatic heterocycles. The summed E-state index contributed by atoms with van der Waals surface area (Å²) < 4.78 is 5.31. The number of thiophene rings is 1. The third kappa shape index (κ3) is 4.97. The van der Waals surface area contributed by atoms with E-state index in [-0.39, 0.29) is 18.4 Å². The van der Waals surface area contributed by atoms with E-state index >= 15 is 0 Å². The SMILES string of the molecule is CC(C)[C@@H](NC(=O)c1cccs1)C(=O)OCc1ccc(Cl)c(Cl)c1.